The molecule has 196 valence electrons. The Labute approximate surface area is 202 Å². The molecule has 2 saturated heterocycles. The fourth-order valence-electron chi connectivity index (χ4n) is 3.73. The maximum atomic E-state index is 11.9. The number of ether oxygens (including phenoxy) is 7. The van der Waals surface area contributed by atoms with E-state index in [1.54, 1.807) is 0 Å². The fraction of sp³-hybridized carbons (Fsp3) is 0.800. The third-order valence-electron chi connectivity index (χ3n) is 5.14. The molecule has 35 heavy (non-hydrogen) atoms. The van der Waals surface area contributed by atoms with Gasteiger partial charge < -0.3 is 48.5 Å². The van der Waals surface area contributed by atoms with Crippen molar-refractivity contribution in [3.63, 3.8) is 0 Å². The van der Waals surface area contributed by atoms with Crippen molar-refractivity contribution in [3.8, 4) is 0 Å². The van der Waals surface area contributed by atoms with E-state index in [2.05, 4.69) is 0 Å². The van der Waals surface area contributed by atoms with Crippen molar-refractivity contribution in [2.75, 3.05) is 13.2 Å². The lowest BCUT2D eigenvalue weighted by Gasteiger charge is -2.47. The van der Waals surface area contributed by atoms with Crippen LogP contribution >= 0.6 is 0 Å². The molecule has 0 bridgehead atoms. The smallest absolute Gasteiger partial charge is 0.303 e. The zero-order valence-corrected chi connectivity index (χ0v) is 19.6. The number of rotatable bonds is 8. The van der Waals surface area contributed by atoms with Crippen molar-refractivity contribution in [1.29, 1.82) is 0 Å². The molecule has 14 nitrogen and oxygen atoms in total. The molecule has 0 spiro atoms. The molecule has 2 heterocycles. The highest BCUT2D eigenvalue weighted by molar-refractivity contribution is 6.11. The zero-order valence-electron chi connectivity index (χ0n) is 19.6. The van der Waals surface area contributed by atoms with Crippen LogP contribution in [-0.2, 0) is 52.3 Å². The molecule has 2 aliphatic rings. The van der Waals surface area contributed by atoms with Crippen molar-refractivity contribution < 1.29 is 67.7 Å². The second-order valence-corrected chi connectivity index (χ2v) is 7.97. The van der Waals surface area contributed by atoms with Gasteiger partial charge in [-0.2, -0.15) is 0 Å². The summed E-state index contributed by atoms with van der Waals surface area (Å²) in [4.78, 5) is 46.5. The van der Waals surface area contributed by atoms with E-state index >= 15 is 0 Å². The van der Waals surface area contributed by atoms with Crippen LogP contribution in [0.1, 0.15) is 27.7 Å². The SMILES string of the molecule is [B][C@H]1O[C@H](COC(C)=O)[C@@H](O[C@@H]2O[C@H](CO)[C@H](O)[C@H](O)[C@H]2OC(C)=O)[C@H](OC(C)=O)[C@H]1OC(C)=O. The topological polar surface area (TPSA) is 194 Å². The summed E-state index contributed by atoms with van der Waals surface area (Å²) in [6, 6.07) is -1.34. The third kappa shape index (κ3) is 7.59. The average molecular weight is 504 g/mol. The highest BCUT2D eigenvalue weighted by atomic mass is 16.7. The van der Waals surface area contributed by atoms with E-state index in [0.29, 0.717) is 0 Å². The summed E-state index contributed by atoms with van der Waals surface area (Å²) < 4.78 is 37.5. The van der Waals surface area contributed by atoms with E-state index in [9.17, 15) is 34.5 Å². The van der Waals surface area contributed by atoms with Gasteiger partial charge in [0.1, 0.15) is 45.0 Å². The van der Waals surface area contributed by atoms with Crippen molar-refractivity contribution in [2.24, 2.45) is 0 Å². The molecular formula is C20H29BO14. The second-order valence-electron chi connectivity index (χ2n) is 7.97. The lowest BCUT2D eigenvalue weighted by Crippen LogP contribution is -2.66. The lowest BCUT2D eigenvalue weighted by molar-refractivity contribution is -0.340. The molecule has 15 heteroatoms. The van der Waals surface area contributed by atoms with Crippen LogP contribution in [0.4, 0.5) is 0 Å². The van der Waals surface area contributed by atoms with Gasteiger partial charge in [0, 0.05) is 27.7 Å². The van der Waals surface area contributed by atoms with Crippen molar-refractivity contribution in [1.82, 2.24) is 0 Å². The monoisotopic (exact) mass is 504 g/mol. The van der Waals surface area contributed by atoms with Crippen LogP contribution in [0.25, 0.3) is 0 Å². The summed E-state index contributed by atoms with van der Waals surface area (Å²) in [5, 5.41) is 30.2. The molecule has 10 atom stereocenters. The Morgan fingerprint density at radius 3 is 1.80 bits per heavy atom. The van der Waals surface area contributed by atoms with Crippen LogP contribution in [0.2, 0.25) is 0 Å². The standard InChI is InChI=1S/C20H29BO14/c1-7(23)29-6-12-15(17(31-9(3)25)18(19(21)33-12)32-10(4)26)35-20-16(30-8(2)24)14(28)13(27)11(5-22)34-20/h11-20,22,27-28H,5-6H2,1-4H3/t11-,12-,13+,14+,15-,16-,17+,18-,19+,20+/m1/s1. The highest BCUT2D eigenvalue weighted by Crippen LogP contribution is 2.32. The second kappa shape index (κ2) is 12.6. The molecule has 2 fully saturated rings. The van der Waals surface area contributed by atoms with E-state index in [4.69, 9.17) is 41.0 Å². The van der Waals surface area contributed by atoms with Gasteiger partial charge in [-0.1, -0.05) is 0 Å². The predicted molar refractivity (Wildman–Crippen MR) is 110 cm³/mol. The Balaban J connectivity index is 2.46. The first-order chi connectivity index (χ1) is 16.3. The van der Waals surface area contributed by atoms with Crippen LogP contribution < -0.4 is 0 Å². The number of carbonyl (C=O) groups is 4. The Bertz CT molecular complexity index is 777. The molecule has 3 N–H and O–H groups in total. The zero-order chi connectivity index (χ0) is 26.4. The van der Waals surface area contributed by atoms with Crippen LogP contribution in [-0.4, -0.2) is 121 Å². The number of aliphatic hydroxyl groups is 3. The van der Waals surface area contributed by atoms with Gasteiger partial charge in [0.2, 0.25) is 0 Å². The van der Waals surface area contributed by atoms with Gasteiger partial charge >= 0.3 is 23.9 Å². The van der Waals surface area contributed by atoms with Gasteiger partial charge in [-0.25, -0.2) is 0 Å². The molecule has 0 aliphatic carbocycles. The first kappa shape index (κ1) is 28.9. The third-order valence-corrected chi connectivity index (χ3v) is 5.14. The lowest BCUT2D eigenvalue weighted by atomic mass is 9.84. The number of hydrogen-bond donors (Lipinski definition) is 3. The van der Waals surface area contributed by atoms with E-state index in [-0.39, 0.29) is 0 Å². The molecule has 0 aromatic rings. The van der Waals surface area contributed by atoms with Crippen LogP contribution in [0.3, 0.4) is 0 Å². The van der Waals surface area contributed by atoms with Gasteiger partial charge in [-0.05, 0) is 0 Å². The van der Waals surface area contributed by atoms with Gasteiger partial charge in [0.15, 0.2) is 24.6 Å². The molecule has 0 amide bonds. The maximum Gasteiger partial charge on any atom is 0.303 e. The van der Waals surface area contributed by atoms with E-state index in [1.165, 1.54) is 0 Å². The van der Waals surface area contributed by atoms with E-state index < -0.39 is 98.2 Å². The number of hydrogen-bond acceptors (Lipinski definition) is 14. The summed E-state index contributed by atoms with van der Waals surface area (Å²) in [5.41, 5.74) is 0. The summed E-state index contributed by atoms with van der Waals surface area (Å²) in [7, 11) is 5.97. The summed E-state index contributed by atoms with van der Waals surface area (Å²) in [6.45, 7) is 3.15. The first-order valence-corrected chi connectivity index (χ1v) is 10.7. The fourth-order valence-corrected chi connectivity index (χ4v) is 3.73. The largest absolute Gasteiger partial charge is 0.463 e. The number of carbonyl (C=O) groups excluding carboxylic acids is 4. The average Bonchev–Trinajstić information content (AvgIpc) is 2.75. The molecule has 0 saturated carbocycles. The normalized spacial score (nSPS) is 37.1. The summed E-state index contributed by atoms with van der Waals surface area (Å²) >= 11 is 0. The molecule has 2 aliphatic heterocycles. The van der Waals surface area contributed by atoms with Crippen molar-refractivity contribution in [3.05, 3.63) is 0 Å². The quantitative estimate of drug-likeness (QED) is 0.173. The molecule has 0 aromatic heterocycles. The molecule has 2 radical (unpaired) electrons. The predicted octanol–water partition coefficient (Wildman–Crippen LogP) is -2.94. The Kier molecular flexibility index (Phi) is 10.4. The summed E-state index contributed by atoms with van der Waals surface area (Å²) in [5.74, 6) is -3.13. The van der Waals surface area contributed by atoms with Gasteiger partial charge in [0.25, 0.3) is 0 Å². The molecule has 0 unspecified atom stereocenters. The van der Waals surface area contributed by atoms with Crippen LogP contribution in [0.5, 0.6) is 0 Å². The molecule has 2 rings (SSSR count). The molecule has 0 aromatic carbocycles. The van der Waals surface area contributed by atoms with Crippen molar-refractivity contribution >= 4 is 31.7 Å². The minimum Gasteiger partial charge on any atom is -0.463 e. The Hall–Kier alpha value is -2.30. The maximum absolute atomic E-state index is 11.9. The first-order valence-electron chi connectivity index (χ1n) is 10.7. The molecular weight excluding hydrogens is 475 g/mol. The van der Waals surface area contributed by atoms with Gasteiger partial charge in [-0.15, -0.1) is 0 Å². The Morgan fingerprint density at radius 2 is 1.29 bits per heavy atom. The van der Waals surface area contributed by atoms with Crippen LogP contribution in [0, 0.1) is 0 Å². The van der Waals surface area contributed by atoms with E-state index in [0.717, 1.165) is 27.7 Å². The van der Waals surface area contributed by atoms with Crippen molar-refractivity contribution in [2.45, 2.75) is 88.8 Å². The Morgan fingerprint density at radius 1 is 0.743 bits per heavy atom. The number of esters is 4. The summed E-state index contributed by atoms with van der Waals surface area (Å²) in [6.07, 6.45) is -13.4. The van der Waals surface area contributed by atoms with Crippen LogP contribution in [0.15, 0.2) is 0 Å². The van der Waals surface area contributed by atoms with Gasteiger partial charge in [-0.3, -0.25) is 19.2 Å². The highest BCUT2D eigenvalue weighted by Gasteiger charge is 2.54. The van der Waals surface area contributed by atoms with Gasteiger partial charge in [0.05, 0.1) is 12.6 Å². The van der Waals surface area contributed by atoms with E-state index in [1.807, 2.05) is 0 Å². The minimum absolute atomic E-state index is 0.447. The number of aliphatic hydroxyl groups excluding tert-OH is 3. The minimum atomic E-state index is -1.75.